The second-order valence-electron chi connectivity index (χ2n) is 5.14. The lowest BCUT2D eigenvalue weighted by molar-refractivity contribution is 0.0471. The minimum Gasteiger partial charge on any atom is -0.457 e. The standard InChI is InChI=1S/C18H20O3/c1-13-7-8-14(2)17(9-13)12-21-18(19)16-6-4-5-15(10-16)11-20-3/h4-10H,11-12H2,1-3H3. The summed E-state index contributed by atoms with van der Waals surface area (Å²) in [7, 11) is 1.63. The van der Waals surface area contributed by atoms with Crippen LogP contribution in [0.5, 0.6) is 0 Å². The van der Waals surface area contributed by atoms with Crippen LogP contribution < -0.4 is 0 Å². The first-order valence-corrected chi connectivity index (χ1v) is 6.91. The van der Waals surface area contributed by atoms with Crippen molar-refractivity contribution in [2.45, 2.75) is 27.1 Å². The predicted molar refractivity (Wildman–Crippen MR) is 82.2 cm³/mol. The van der Waals surface area contributed by atoms with Gasteiger partial charge in [0.05, 0.1) is 12.2 Å². The number of aryl methyl sites for hydroxylation is 2. The predicted octanol–water partition coefficient (Wildman–Crippen LogP) is 3.81. The van der Waals surface area contributed by atoms with E-state index in [1.807, 2.05) is 38.1 Å². The van der Waals surface area contributed by atoms with E-state index in [9.17, 15) is 4.79 Å². The maximum absolute atomic E-state index is 12.1. The summed E-state index contributed by atoms with van der Waals surface area (Å²) in [5.41, 5.74) is 4.83. The Bertz CT molecular complexity index is 632. The molecule has 3 nitrogen and oxygen atoms in total. The molecule has 0 bridgehead atoms. The van der Waals surface area contributed by atoms with E-state index in [1.165, 1.54) is 0 Å². The first kappa shape index (κ1) is 15.3. The lowest BCUT2D eigenvalue weighted by atomic mass is 10.1. The number of hydrogen-bond donors (Lipinski definition) is 0. The van der Waals surface area contributed by atoms with Gasteiger partial charge in [0.25, 0.3) is 0 Å². The zero-order chi connectivity index (χ0) is 15.2. The second kappa shape index (κ2) is 7.04. The molecule has 0 amide bonds. The minimum absolute atomic E-state index is 0.293. The van der Waals surface area contributed by atoms with Crippen LogP contribution in [-0.2, 0) is 22.7 Å². The number of ether oxygens (including phenoxy) is 2. The van der Waals surface area contributed by atoms with Gasteiger partial charge in [-0.15, -0.1) is 0 Å². The number of methoxy groups -OCH3 is 1. The van der Waals surface area contributed by atoms with Crippen molar-refractivity contribution >= 4 is 5.97 Å². The summed E-state index contributed by atoms with van der Waals surface area (Å²) in [5.74, 6) is -0.311. The number of carbonyl (C=O) groups excluding carboxylic acids is 1. The monoisotopic (exact) mass is 284 g/mol. The molecular weight excluding hydrogens is 264 g/mol. The largest absolute Gasteiger partial charge is 0.457 e. The normalized spacial score (nSPS) is 10.4. The molecule has 0 aliphatic heterocycles. The molecule has 2 aromatic rings. The van der Waals surface area contributed by atoms with Gasteiger partial charge in [0.15, 0.2) is 0 Å². The van der Waals surface area contributed by atoms with Crippen molar-refractivity contribution < 1.29 is 14.3 Å². The molecule has 0 atom stereocenters. The molecule has 0 unspecified atom stereocenters. The molecule has 0 fully saturated rings. The van der Waals surface area contributed by atoms with E-state index in [0.717, 1.165) is 22.3 Å². The molecule has 0 heterocycles. The summed E-state index contributed by atoms with van der Waals surface area (Å²) < 4.78 is 10.5. The zero-order valence-electron chi connectivity index (χ0n) is 12.7. The van der Waals surface area contributed by atoms with Crippen LogP contribution in [0.1, 0.15) is 32.6 Å². The number of esters is 1. The minimum atomic E-state index is -0.311. The Kier molecular flexibility index (Phi) is 5.12. The van der Waals surface area contributed by atoms with Crippen molar-refractivity contribution in [3.63, 3.8) is 0 Å². The fourth-order valence-electron chi connectivity index (χ4n) is 2.14. The number of benzene rings is 2. The highest BCUT2D eigenvalue weighted by Crippen LogP contribution is 2.14. The van der Waals surface area contributed by atoms with Crippen LogP contribution in [-0.4, -0.2) is 13.1 Å². The van der Waals surface area contributed by atoms with Crippen LogP contribution in [0.15, 0.2) is 42.5 Å². The van der Waals surface area contributed by atoms with Gasteiger partial charge in [0, 0.05) is 7.11 Å². The first-order chi connectivity index (χ1) is 10.1. The van der Waals surface area contributed by atoms with Crippen molar-refractivity contribution in [2.24, 2.45) is 0 Å². The molecule has 110 valence electrons. The van der Waals surface area contributed by atoms with Crippen molar-refractivity contribution in [3.8, 4) is 0 Å². The third-order valence-electron chi connectivity index (χ3n) is 3.34. The highest BCUT2D eigenvalue weighted by molar-refractivity contribution is 5.89. The Labute approximate surface area is 125 Å². The molecule has 0 aromatic heterocycles. The summed E-state index contributed by atoms with van der Waals surface area (Å²) >= 11 is 0. The van der Waals surface area contributed by atoms with Gasteiger partial charge >= 0.3 is 5.97 Å². The summed E-state index contributed by atoms with van der Waals surface area (Å²) in [6.45, 7) is 4.82. The van der Waals surface area contributed by atoms with Crippen LogP contribution >= 0.6 is 0 Å². The summed E-state index contributed by atoms with van der Waals surface area (Å²) in [6, 6.07) is 13.4. The molecule has 0 N–H and O–H groups in total. The summed E-state index contributed by atoms with van der Waals surface area (Å²) in [4.78, 5) is 12.1. The Hall–Kier alpha value is -2.13. The highest BCUT2D eigenvalue weighted by atomic mass is 16.5. The lowest BCUT2D eigenvalue weighted by Gasteiger charge is -2.09. The Morgan fingerprint density at radius 1 is 1.05 bits per heavy atom. The van der Waals surface area contributed by atoms with Crippen LogP contribution in [0, 0.1) is 13.8 Å². The molecule has 0 radical (unpaired) electrons. The third-order valence-corrected chi connectivity index (χ3v) is 3.34. The topological polar surface area (TPSA) is 35.5 Å². The van der Waals surface area contributed by atoms with Gasteiger partial charge in [-0.05, 0) is 42.7 Å². The number of hydrogen-bond acceptors (Lipinski definition) is 3. The van der Waals surface area contributed by atoms with Gasteiger partial charge in [-0.3, -0.25) is 0 Å². The number of rotatable bonds is 5. The van der Waals surface area contributed by atoms with Crippen LogP contribution in [0.3, 0.4) is 0 Å². The van der Waals surface area contributed by atoms with Crippen LogP contribution in [0.25, 0.3) is 0 Å². The van der Waals surface area contributed by atoms with Crippen molar-refractivity contribution in [2.75, 3.05) is 7.11 Å². The molecule has 0 saturated carbocycles. The van der Waals surface area contributed by atoms with Crippen molar-refractivity contribution in [3.05, 3.63) is 70.3 Å². The van der Waals surface area contributed by atoms with Gasteiger partial charge in [-0.2, -0.15) is 0 Å². The molecule has 21 heavy (non-hydrogen) atoms. The van der Waals surface area contributed by atoms with E-state index < -0.39 is 0 Å². The zero-order valence-corrected chi connectivity index (χ0v) is 12.7. The van der Waals surface area contributed by atoms with Crippen molar-refractivity contribution in [1.29, 1.82) is 0 Å². The van der Waals surface area contributed by atoms with Gasteiger partial charge in [-0.1, -0.05) is 35.9 Å². The third kappa shape index (κ3) is 4.17. The van der Waals surface area contributed by atoms with Crippen LogP contribution in [0.2, 0.25) is 0 Å². The molecule has 0 saturated heterocycles. The fourth-order valence-corrected chi connectivity index (χ4v) is 2.14. The van der Waals surface area contributed by atoms with E-state index in [-0.39, 0.29) is 5.97 Å². The average Bonchev–Trinajstić information content (AvgIpc) is 2.48. The quantitative estimate of drug-likeness (QED) is 0.783. The molecule has 2 aromatic carbocycles. The maximum atomic E-state index is 12.1. The van der Waals surface area contributed by atoms with Gasteiger partial charge in [-0.25, -0.2) is 4.79 Å². The highest BCUT2D eigenvalue weighted by Gasteiger charge is 2.09. The van der Waals surface area contributed by atoms with E-state index in [1.54, 1.807) is 19.2 Å². The van der Waals surface area contributed by atoms with E-state index >= 15 is 0 Å². The maximum Gasteiger partial charge on any atom is 0.338 e. The average molecular weight is 284 g/mol. The van der Waals surface area contributed by atoms with Gasteiger partial charge < -0.3 is 9.47 Å². The SMILES string of the molecule is COCc1cccc(C(=O)OCc2cc(C)ccc2C)c1. The lowest BCUT2D eigenvalue weighted by Crippen LogP contribution is -2.07. The Balaban J connectivity index is 2.04. The van der Waals surface area contributed by atoms with E-state index in [0.29, 0.717) is 18.8 Å². The fraction of sp³-hybridized carbons (Fsp3) is 0.278. The molecular formula is C18H20O3. The second-order valence-corrected chi connectivity index (χ2v) is 5.14. The summed E-state index contributed by atoms with van der Waals surface area (Å²) in [5, 5.41) is 0. The molecule has 3 heteroatoms. The van der Waals surface area contributed by atoms with Crippen LogP contribution in [0.4, 0.5) is 0 Å². The molecule has 2 rings (SSSR count). The smallest absolute Gasteiger partial charge is 0.338 e. The van der Waals surface area contributed by atoms with Gasteiger partial charge in [0.2, 0.25) is 0 Å². The number of carbonyl (C=O) groups is 1. The molecule has 0 aliphatic rings. The van der Waals surface area contributed by atoms with E-state index in [2.05, 4.69) is 6.07 Å². The Morgan fingerprint density at radius 3 is 2.62 bits per heavy atom. The first-order valence-electron chi connectivity index (χ1n) is 6.91. The van der Waals surface area contributed by atoms with Gasteiger partial charge in [0.1, 0.15) is 6.61 Å². The molecule has 0 spiro atoms. The Morgan fingerprint density at radius 2 is 1.86 bits per heavy atom. The molecule has 0 aliphatic carbocycles. The summed E-state index contributed by atoms with van der Waals surface area (Å²) in [6.07, 6.45) is 0. The van der Waals surface area contributed by atoms with E-state index in [4.69, 9.17) is 9.47 Å². The van der Waals surface area contributed by atoms with Crippen molar-refractivity contribution in [1.82, 2.24) is 0 Å².